The molecular formula is C24H34N6O4. The third-order valence-electron chi connectivity index (χ3n) is 6.32. The minimum Gasteiger partial charge on any atom is -0.465 e. The number of piperidine rings is 1. The van der Waals surface area contributed by atoms with Gasteiger partial charge in [0.15, 0.2) is 0 Å². The van der Waals surface area contributed by atoms with Gasteiger partial charge in [-0.15, -0.1) is 0 Å². The summed E-state index contributed by atoms with van der Waals surface area (Å²) in [6.07, 6.45) is 6.93. The summed E-state index contributed by atoms with van der Waals surface area (Å²) in [5.74, 6) is -0.413. The van der Waals surface area contributed by atoms with Gasteiger partial charge in [-0.2, -0.15) is 5.10 Å². The number of nitrogens with one attached hydrogen (secondary N) is 1. The minimum absolute atomic E-state index is 0.227. The van der Waals surface area contributed by atoms with Crippen molar-refractivity contribution >= 4 is 23.4 Å². The van der Waals surface area contributed by atoms with E-state index >= 15 is 0 Å². The van der Waals surface area contributed by atoms with Crippen LogP contribution < -0.4 is 5.32 Å². The zero-order valence-corrected chi connectivity index (χ0v) is 20.6. The molecule has 4 heterocycles. The Morgan fingerprint density at radius 2 is 1.82 bits per heavy atom. The smallest absolute Gasteiger partial charge is 0.410 e. The minimum atomic E-state index is -0.464. The summed E-state index contributed by atoms with van der Waals surface area (Å²) in [6.45, 7) is 11.0. The first kappa shape index (κ1) is 24.0. The number of nitrogens with zero attached hydrogens (tertiary/aromatic N) is 5. The average Bonchev–Trinajstić information content (AvgIpc) is 3.12. The third-order valence-corrected chi connectivity index (χ3v) is 6.32. The summed E-state index contributed by atoms with van der Waals surface area (Å²) in [5, 5.41) is 8.01. The Morgan fingerprint density at radius 3 is 2.47 bits per heavy atom. The molecule has 184 valence electrons. The van der Waals surface area contributed by atoms with Gasteiger partial charge < -0.3 is 19.7 Å². The fourth-order valence-electron chi connectivity index (χ4n) is 4.40. The topological polar surface area (TPSA) is 102 Å². The SMILES string of the molecule is COC(=O)c1ccncc1Nc1cn(C2CCN(C3CN(C(=O)OC(C)(C)C)C3)CC2)nc1C. The summed E-state index contributed by atoms with van der Waals surface area (Å²) < 4.78 is 12.3. The Kier molecular flexibility index (Phi) is 6.79. The average molecular weight is 471 g/mol. The van der Waals surface area contributed by atoms with Gasteiger partial charge in [0.2, 0.25) is 0 Å². The molecule has 2 aliphatic heterocycles. The van der Waals surface area contributed by atoms with Crippen LogP contribution in [0.15, 0.2) is 24.7 Å². The van der Waals surface area contributed by atoms with Crippen molar-refractivity contribution in [2.75, 3.05) is 38.6 Å². The second-order valence-electron chi connectivity index (χ2n) is 9.95. The fourth-order valence-corrected chi connectivity index (χ4v) is 4.40. The van der Waals surface area contributed by atoms with E-state index in [1.807, 2.05) is 38.6 Å². The van der Waals surface area contributed by atoms with Crippen LogP contribution in [-0.2, 0) is 9.47 Å². The molecule has 0 radical (unpaired) electrons. The molecule has 0 spiro atoms. The summed E-state index contributed by atoms with van der Waals surface area (Å²) in [5.41, 5.74) is 2.25. The zero-order chi connectivity index (χ0) is 24.5. The van der Waals surface area contributed by atoms with E-state index in [9.17, 15) is 9.59 Å². The van der Waals surface area contributed by atoms with Crippen LogP contribution in [0.2, 0.25) is 0 Å². The highest BCUT2D eigenvalue weighted by Crippen LogP contribution is 2.30. The molecule has 4 rings (SSSR count). The molecule has 0 bridgehead atoms. The largest absolute Gasteiger partial charge is 0.465 e. The van der Waals surface area contributed by atoms with E-state index in [0.717, 1.165) is 50.4 Å². The molecule has 1 amide bonds. The van der Waals surface area contributed by atoms with Crippen LogP contribution in [-0.4, -0.2) is 81.6 Å². The number of amides is 1. The van der Waals surface area contributed by atoms with Crippen LogP contribution in [0.1, 0.15) is 55.7 Å². The van der Waals surface area contributed by atoms with Gasteiger partial charge in [-0.1, -0.05) is 0 Å². The first-order chi connectivity index (χ1) is 16.1. The Hall–Kier alpha value is -3.14. The Bertz CT molecular complexity index is 1030. The molecule has 0 aromatic carbocycles. The zero-order valence-electron chi connectivity index (χ0n) is 20.6. The van der Waals surface area contributed by atoms with E-state index < -0.39 is 11.6 Å². The Labute approximate surface area is 200 Å². The quantitative estimate of drug-likeness (QED) is 0.664. The molecule has 2 aliphatic rings. The lowest BCUT2D eigenvalue weighted by atomic mass is 10.00. The summed E-state index contributed by atoms with van der Waals surface area (Å²) >= 11 is 0. The second kappa shape index (κ2) is 9.61. The molecule has 0 saturated carbocycles. The lowest BCUT2D eigenvalue weighted by molar-refractivity contribution is -0.0214. The maximum atomic E-state index is 12.2. The third kappa shape index (κ3) is 5.32. The summed E-state index contributed by atoms with van der Waals surface area (Å²) in [7, 11) is 1.36. The molecule has 2 aromatic rings. The van der Waals surface area contributed by atoms with Crippen LogP contribution in [0.4, 0.5) is 16.2 Å². The number of hydrogen-bond donors (Lipinski definition) is 1. The number of aryl methyl sites for hydroxylation is 1. The van der Waals surface area contributed by atoms with Gasteiger partial charge in [0.05, 0.1) is 42.0 Å². The molecule has 10 heteroatoms. The summed E-state index contributed by atoms with van der Waals surface area (Å²) in [6, 6.07) is 2.34. The number of likely N-dealkylation sites (tertiary alicyclic amines) is 2. The van der Waals surface area contributed by atoms with Crippen molar-refractivity contribution in [2.24, 2.45) is 0 Å². The lowest BCUT2D eigenvalue weighted by Crippen LogP contribution is -2.62. The molecule has 10 nitrogen and oxygen atoms in total. The van der Waals surface area contributed by atoms with E-state index in [1.54, 1.807) is 23.4 Å². The molecule has 2 fully saturated rings. The van der Waals surface area contributed by atoms with Gasteiger partial charge >= 0.3 is 12.1 Å². The monoisotopic (exact) mass is 470 g/mol. The normalized spacial score (nSPS) is 17.9. The van der Waals surface area contributed by atoms with Crippen LogP contribution in [0.3, 0.4) is 0 Å². The van der Waals surface area contributed by atoms with Gasteiger partial charge in [-0.3, -0.25) is 14.6 Å². The first-order valence-electron chi connectivity index (χ1n) is 11.7. The maximum Gasteiger partial charge on any atom is 0.410 e. The van der Waals surface area contributed by atoms with E-state index in [0.29, 0.717) is 23.3 Å². The summed E-state index contributed by atoms with van der Waals surface area (Å²) in [4.78, 5) is 32.6. The lowest BCUT2D eigenvalue weighted by Gasteiger charge is -2.47. The van der Waals surface area contributed by atoms with Crippen LogP contribution in [0.5, 0.6) is 0 Å². The number of rotatable bonds is 5. The number of anilines is 2. The van der Waals surface area contributed by atoms with Gasteiger partial charge in [0, 0.05) is 44.6 Å². The first-order valence-corrected chi connectivity index (χ1v) is 11.7. The number of carbonyl (C=O) groups is 2. The predicted molar refractivity (Wildman–Crippen MR) is 127 cm³/mol. The molecule has 0 atom stereocenters. The Morgan fingerprint density at radius 1 is 1.12 bits per heavy atom. The highest BCUT2D eigenvalue weighted by atomic mass is 16.6. The van der Waals surface area contributed by atoms with Gasteiger partial charge in [-0.05, 0) is 46.6 Å². The number of aromatic nitrogens is 3. The van der Waals surface area contributed by atoms with E-state index in [1.165, 1.54) is 7.11 Å². The van der Waals surface area contributed by atoms with Crippen LogP contribution in [0, 0.1) is 6.92 Å². The highest BCUT2D eigenvalue weighted by molar-refractivity contribution is 5.96. The molecule has 0 unspecified atom stereocenters. The Balaban J connectivity index is 1.31. The van der Waals surface area contributed by atoms with Crippen molar-refractivity contribution in [3.05, 3.63) is 35.9 Å². The van der Waals surface area contributed by atoms with Gasteiger partial charge in [-0.25, -0.2) is 9.59 Å². The van der Waals surface area contributed by atoms with Crippen LogP contribution in [0.25, 0.3) is 0 Å². The fraction of sp³-hybridized carbons (Fsp3) is 0.583. The number of ether oxygens (including phenoxy) is 2. The molecule has 2 aromatic heterocycles. The van der Waals surface area contributed by atoms with E-state index in [-0.39, 0.29) is 6.09 Å². The van der Waals surface area contributed by atoms with Crippen molar-refractivity contribution in [3.63, 3.8) is 0 Å². The van der Waals surface area contributed by atoms with Crippen LogP contribution >= 0.6 is 0 Å². The molecule has 0 aliphatic carbocycles. The number of pyridine rings is 1. The number of methoxy groups -OCH3 is 1. The van der Waals surface area contributed by atoms with Crippen molar-refractivity contribution < 1.29 is 19.1 Å². The maximum absolute atomic E-state index is 12.2. The highest BCUT2D eigenvalue weighted by Gasteiger charge is 2.38. The molecular weight excluding hydrogens is 436 g/mol. The number of hydrogen-bond acceptors (Lipinski definition) is 8. The number of carbonyl (C=O) groups excluding carboxylic acids is 2. The molecule has 1 N–H and O–H groups in total. The van der Waals surface area contributed by atoms with E-state index in [4.69, 9.17) is 14.6 Å². The second-order valence-corrected chi connectivity index (χ2v) is 9.95. The molecule has 2 saturated heterocycles. The van der Waals surface area contributed by atoms with E-state index in [2.05, 4.69) is 15.2 Å². The molecule has 34 heavy (non-hydrogen) atoms. The van der Waals surface area contributed by atoms with Crippen molar-refractivity contribution in [3.8, 4) is 0 Å². The van der Waals surface area contributed by atoms with Crippen molar-refractivity contribution in [1.82, 2.24) is 24.6 Å². The predicted octanol–water partition coefficient (Wildman–Crippen LogP) is 3.37. The number of esters is 1. The van der Waals surface area contributed by atoms with Gasteiger partial charge in [0.25, 0.3) is 0 Å². The van der Waals surface area contributed by atoms with Crippen molar-refractivity contribution in [2.45, 2.75) is 58.2 Å². The van der Waals surface area contributed by atoms with Gasteiger partial charge in [0.1, 0.15) is 5.60 Å². The van der Waals surface area contributed by atoms with Crippen molar-refractivity contribution in [1.29, 1.82) is 0 Å². The standard InChI is InChI=1S/C24H34N6O4/c1-16-21(26-20-12-25-9-6-19(20)22(31)33-5)15-30(27-16)17-7-10-28(11-8-17)18-13-29(14-18)23(32)34-24(2,3)4/h6,9,12,15,17-18,26H,7-8,10-11,13-14H2,1-5H3.